The molecule has 4 aromatic carbocycles. The molecular formula is C35H40NO7P. The lowest BCUT2D eigenvalue weighted by molar-refractivity contribution is 0.311. The number of hydrogen-bond donors (Lipinski definition) is 5. The van der Waals surface area contributed by atoms with Gasteiger partial charge in [-0.05, 0) is 75.0 Å². The molecule has 0 aliphatic heterocycles. The van der Waals surface area contributed by atoms with Crippen LogP contribution in [0.25, 0.3) is 0 Å². The predicted molar refractivity (Wildman–Crippen MR) is 171 cm³/mol. The van der Waals surface area contributed by atoms with E-state index in [-0.39, 0.29) is 29.9 Å². The zero-order chi connectivity index (χ0) is 31.4. The number of aromatic hydroxyl groups is 2. The van der Waals surface area contributed by atoms with Gasteiger partial charge in [-0.1, -0.05) is 68.4 Å². The van der Waals surface area contributed by atoms with Crippen LogP contribution in [0.4, 0.5) is 0 Å². The summed E-state index contributed by atoms with van der Waals surface area (Å²) in [5, 5.41) is 23.1. The number of benzene rings is 4. The predicted octanol–water partition coefficient (Wildman–Crippen LogP) is 6.49. The summed E-state index contributed by atoms with van der Waals surface area (Å²) in [6, 6.07) is 20.5. The van der Waals surface area contributed by atoms with Gasteiger partial charge in [-0.25, -0.2) is 0 Å². The fourth-order valence-corrected chi connectivity index (χ4v) is 6.32. The van der Waals surface area contributed by atoms with Gasteiger partial charge in [-0.2, -0.15) is 0 Å². The molecule has 1 aliphatic rings. The van der Waals surface area contributed by atoms with Crippen LogP contribution in [0.15, 0.2) is 66.7 Å². The van der Waals surface area contributed by atoms with Crippen molar-refractivity contribution in [2.24, 2.45) is 5.73 Å². The first-order valence-electron chi connectivity index (χ1n) is 15.0. The maximum atomic E-state index is 12.3. The fourth-order valence-electron chi connectivity index (χ4n) is 5.78. The van der Waals surface area contributed by atoms with Crippen molar-refractivity contribution in [1.82, 2.24) is 0 Å². The quantitative estimate of drug-likeness (QED) is 0.124. The zero-order valence-corrected chi connectivity index (χ0v) is 26.0. The van der Waals surface area contributed by atoms with Crippen molar-refractivity contribution in [2.75, 3.05) is 13.2 Å². The van der Waals surface area contributed by atoms with E-state index in [2.05, 4.69) is 0 Å². The van der Waals surface area contributed by atoms with Crippen LogP contribution < -0.4 is 15.2 Å². The van der Waals surface area contributed by atoms with Crippen molar-refractivity contribution in [1.29, 1.82) is 0 Å². The number of ether oxygens (including phenoxy) is 2. The Labute approximate surface area is 258 Å². The molecule has 0 amide bonds. The van der Waals surface area contributed by atoms with Crippen LogP contribution in [-0.2, 0) is 30.2 Å². The SMILES string of the molecule is CCCOc1c2cccc1Cc1cc([C@@H](N)P(=O)(O)O)cc(c1O)Cc1cccc(c1OCCC)Cc1cccc(c1O)C2. The number of fused-ring (bicyclic) bond motifs is 8. The van der Waals surface area contributed by atoms with Crippen LogP contribution in [0.3, 0.4) is 0 Å². The second kappa shape index (κ2) is 13.4. The Morgan fingerprint density at radius 1 is 0.659 bits per heavy atom. The van der Waals surface area contributed by atoms with Gasteiger partial charge in [0.05, 0.1) is 13.2 Å². The molecule has 0 saturated carbocycles. The van der Waals surface area contributed by atoms with E-state index >= 15 is 0 Å². The molecule has 0 fully saturated rings. The van der Waals surface area contributed by atoms with Gasteiger partial charge in [0.15, 0.2) is 0 Å². The van der Waals surface area contributed by atoms with Crippen LogP contribution in [0, 0.1) is 0 Å². The topological polar surface area (TPSA) is 142 Å². The van der Waals surface area contributed by atoms with Crippen LogP contribution in [0.2, 0.25) is 0 Å². The molecule has 5 rings (SSSR count). The number of nitrogens with two attached hydrogens (primary N) is 1. The molecular weight excluding hydrogens is 577 g/mol. The lowest BCUT2D eigenvalue weighted by Crippen LogP contribution is -2.12. The molecule has 1 atom stereocenters. The van der Waals surface area contributed by atoms with Crippen molar-refractivity contribution < 1.29 is 34.0 Å². The van der Waals surface area contributed by atoms with Gasteiger partial charge in [0.1, 0.15) is 28.8 Å². The molecule has 6 N–H and O–H groups in total. The molecule has 0 heterocycles. The first-order chi connectivity index (χ1) is 21.1. The highest BCUT2D eigenvalue weighted by molar-refractivity contribution is 7.52. The lowest BCUT2D eigenvalue weighted by atomic mass is 9.90. The molecule has 0 aromatic heterocycles. The summed E-state index contributed by atoms with van der Waals surface area (Å²) in [6.45, 7) is 5.00. The third-order valence-corrected chi connectivity index (χ3v) is 9.00. The summed E-state index contributed by atoms with van der Waals surface area (Å²) in [5.74, 6) is 0.0377. The van der Waals surface area contributed by atoms with Crippen molar-refractivity contribution in [3.05, 3.63) is 117 Å². The number of phenols is 2. The van der Waals surface area contributed by atoms with Gasteiger partial charge < -0.3 is 35.2 Å². The van der Waals surface area contributed by atoms with E-state index in [0.717, 1.165) is 46.2 Å². The van der Waals surface area contributed by atoms with Crippen molar-refractivity contribution in [2.45, 2.75) is 58.2 Å². The summed E-state index contributed by atoms with van der Waals surface area (Å²) < 4.78 is 24.8. The van der Waals surface area contributed by atoms with Gasteiger partial charge in [0.25, 0.3) is 0 Å². The molecule has 4 aromatic rings. The summed E-state index contributed by atoms with van der Waals surface area (Å²) in [5.41, 5.74) is 12.2. The van der Waals surface area contributed by atoms with E-state index in [4.69, 9.17) is 15.2 Å². The van der Waals surface area contributed by atoms with Crippen LogP contribution >= 0.6 is 7.60 Å². The zero-order valence-electron chi connectivity index (χ0n) is 25.1. The number of para-hydroxylation sites is 3. The van der Waals surface area contributed by atoms with Crippen molar-refractivity contribution in [3.8, 4) is 23.0 Å². The molecule has 8 bridgehead atoms. The lowest BCUT2D eigenvalue weighted by Gasteiger charge is -2.22. The summed E-state index contributed by atoms with van der Waals surface area (Å²) >= 11 is 0. The van der Waals surface area contributed by atoms with Crippen LogP contribution in [0.1, 0.15) is 82.5 Å². The molecule has 9 heteroatoms. The Kier molecular flexibility index (Phi) is 9.66. The standard InChI is InChI=1S/C35H40NO7P/c1-3-14-42-33-24-10-6-12-26(33)18-28-20-30(35(36)44(39,40)41)21-29(32(28)38)19-27-13-7-11-25(34(27)43-15-4-2)17-23-9-5-8-22(16-24)31(23)37/h5-13,20-21,35,37-38H,3-4,14-19,36H2,1-2H3,(H2,39,40,41)/t35-/m0/s1. The maximum absolute atomic E-state index is 12.3. The van der Waals surface area contributed by atoms with E-state index in [1.807, 2.05) is 68.4 Å². The molecule has 232 valence electrons. The summed E-state index contributed by atoms with van der Waals surface area (Å²) in [7, 11) is -4.68. The molecule has 0 spiro atoms. The van der Waals surface area contributed by atoms with E-state index in [0.29, 0.717) is 48.7 Å². The second-order valence-electron chi connectivity index (χ2n) is 11.4. The molecule has 0 radical (unpaired) electrons. The average molecular weight is 618 g/mol. The largest absolute Gasteiger partial charge is 0.507 e. The minimum atomic E-state index is -4.68. The van der Waals surface area contributed by atoms with Crippen LogP contribution in [0.5, 0.6) is 23.0 Å². The van der Waals surface area contributed by atoms with E-state index in [1.165, 1.54) is 0 Å². The fraction of sp³-hybridized carbons (Fsp3) is 0.314. The summed E-state index contributed by atoms with van der Waals surface area (Å²) in [4.78, 5) is 19.9. The van der Waals surface area contributed by atoms with Gasteiger partial charge in [0, 0.05) is 25.7 Å². The molecule has 44 heavy (non-hydrogen) atoms. The van der Waals surface area contributed by atoms with Gasteiger partial charge in [-0.3, -0.25) is 4.57 Å². The van der Waals surface area contributed by atoms with Gasteiger partial charge in [0.2, 0.25) is 0 Å². The Balaban J connectivity index is 1.77. The third kappa shape index (κ3) is 6.79. The highest BCUT2D eigenvalue weighted by Crippen LogP contribution is 2.49. The normalized spacial score (nSPS) is 13.8. The van der Waals surface area contributed by atoms with Crippen LogP contribution in [-0.4, -0.2) is 33.2 Å². The Bertz CT molecular complexity index is 1590. The number of phenolic OH excluding ortho intramolecular Hbond substituents is 2. The van der Waals surface area contributed by atoms with E-state index in [1.54, 1.807) is 12.1 Å². The van der Waals surface area contributed by atoms with E-state index in [9.17, 15) is 24.6 Å². The highest BCUT2D eigenvalue weighted by atomic mass is 31.2. The molecule has 8 nitrogen and oxygen atoms in total. The Morgan fingerprint density at radius 2 is 1.00 bits per heavy atom. The number of rotatable bonds is 8. The van der Waals surface area contributed by atoms with Crippen molar-refractivity contribution in [3.63, 3.8) is 0 Å². The summed E-state index contributed by atoms with van der Waals surface area (Å²) in [6.07, 6.45) is 2.89. The maximum Gasteiger partial charge on any atom is 0.346 e. The van der Waals surface area contributed by atoms with E-state index < -0.39 is 13.4 Å². The second-order valence-corrected chi connectivity index (χ2v) is 13.1. The number of hydrogen-bond acceptors (Lipinski definition) is 6. The molecule has 1 aliphatic carbocycles. The Morgan fingerprint density at radius 3 is 1.36 bits per heavy atom. The minimum absolute atomic E-state index is 0.0281. The minimum Gasteiger partial charge on any atom is -0.507 e. The van der Waals surface area contributed by atoms with Gasteiger partial charge >= 0.3 is 7.60 Å². The van der Waals surface area contributed by atoms with Crippen molar-refractivity contribution >= 4 is 7.60 Å². The smallest absolute Gasteiger partial charge is 0.346 e. The molecule has 0 unspecified atom stereocenters. The Hall–Kier alpha value is -3.81. The highest BCUT2D eigenvalue weighted by Gasteiger charge is 2.29. The first-order valence-corrected chi connectivity index (χ1v) is 16.7. The average Bonchev–Trinajstić information content (AvgIpc) is 2.99. The monoisotopic (exact) mass is 617 g/mol. The first kappa shape index (κ1) is 31.6. The molecule has 0 saturated heterocycles. The third-order valence-electron chi connectivity index (χ3n) is 7.98. The van der Waals surface area contributed by atoms with Gasteiger partial charge in [-0.15, -0.1) is 0 Å².